The zero-order valence-electron chi connectivity index (χ0n) is 11.7. The van der Waals surface area contributed by atoms with Gasteiger partial charge in [0.1, 0.15) is 11.5 Å². The first-order valence-electron chi connectivity index (χ1n) is 6.21. The maximum absolute atomic E-state index is 11.4. The van der Waals surface area contributed by atoms with Gasteiger partial charge in [0.05, 0.1) is 0 Å². The smallest absolute Gasteiger partial charge is 0.232 e. The van der Waals surface area contributed by atoms with Crippen molar-refractivity contribution in [2.45, 2.75) is 27.2 Å². The van der Waals surface area contributed by atoms with Crippen molar-refractivity contribution in [2.75, 3.05) is 24.6 Å². The molecule has 0 spiro atoms. The number of carbonyl (C=O) groups excluding carboxylic acids is 3. The Morgan fingerprint density at radius 2 is 1.74 bits per heavy atom. The van der Waals surface area contributed by atoms with E-state index in [0.717, 1.165) is 0 Å². The summed E-state index contributed by atoms with van der Waals surface area (Å²) in [6.45, 7) is 5.65. The summed E-state index contributed by atoms with van der Waals surface area (Å²) < 4.78 is 11.4. The van der Waals surface area contributed by atoms with Gasteiger partial charge in [-0.15, -0.1) is 0 Å². The van der Waals surface area contributed by atoms with Gasteiger partial charge in [-0.25, -0.2) is 0 Å². The van der Waals surface area contributed by atoms with E-state index in [0.29, 0.717) is 13.1 Å². The molecule has 0 fully saturated rings. The monoisotopic (exact) mass is 294 g/mol. The molecule has 6 nitrogen and oxygen atoms in total. The van der Waals surface area contributed by atoms with Crippen LogP contribution in [0.5, 0.6) is 0 Å². The number of carbonyl (C=O) groups is 3. The van der Waals surface area contributed by atoms with Gasteiger partial charge in [0.2, 0.25) is 11.8 Å². The van der Waals surface area contributed by atoms with E-state index in [1.165, 1.54) is 6.92 Å². The Balaban J connectivity index is -0.00000162. The van der Waals surface area contributed by atoms with E-state index in [-0.39, 0.29) is 44.3 Å². The van der Waals surface area contributed by atoms with Crippen LogP contribution in [0, 0.1) is 5.92 Å². The van der Waals surface area contributed by atoms with Gasteiger partial charge >= 0.3 is 0 Å². The largest absolute Gasteiger partial charge is 0.354 e. The van der Waals surface area contributed by atoms with E-state index < -0.39 is 10.8 Å². The van der Waals surface area contributed by atoms with Crippen LogP contribution in [0.15, 0.2) is 0 Å². The van der Waals surface area contributed by atoms with Crippen molar-refractivity contribution in [1.29, 1.82) is 0 Å². The molecule has 114 valence electrons. The summed E-state index contributed by atoms with van der Waals surface area (Å²) in [6.07, 6.45) is 0.227. The maximum atomic E-state index is 11.4. The van der Waals surface area contributed by atoms with Gasteiger partial charge in [0.15, 0.2) is 0 Å². The molecule has 0 aliphatic rings. The van der Waals surface area contributed by atoms with Crippen LogP contribution in [-0.2, 0) is 25.2 Å². The standard InChI is InChI=1S/C12H22N2O4S.2H2/c1-9(2)12(17)14-6-5-13-11(16)8-19(18)7-4-10(3)15;;/h9H,4-8H2,1-3H3,(H,13,16)(H,14,17);2*1H. The molecule has 0 saturated heterocycles. The van der Waals surface area contributed by atoms with Gasteiger partial charge in [0.25, 0.3) is 0 Å². The molecule has 7 heteroatoms. The minimum Gasteiger partial charge on any atom is -0.354 e. The minimum atomic E-state index is -1.31. The van der Waals surface area contributed by atoms with Crippen molar-refractivity contribution < 1.29 is 21.4 Å². The summed E-state index contributed by atoms with van der Waals surface area (Å²) in [5, 5.41) is 5.22. The van der Waals surface area contributed by atoms with Crippen LogP contribution in [0.4, 0.5) is 0 Å². The molecule has 0 aliphatic heterocycles. The van der Waals surface area contributed by atoms with Crippen LogP contribution in [0.2, 0.25) is 0 Å². The fraction of sp³-hybridized carbons (Fsp3) is 0.750. The summed E-state index contributed by atoms with van der Waals surface area (Å²) >= 11 is 0. The summed E-state index contributed by atoms with van der Waals surface area (Å²) in [5.41, 5.74) is 0. The van der Waals surface area contributed by atoms with Crippen LogP contribution in [0.3, 0.4) is 0 Å². The van der Waals surface area contributed by atoms with Crippen molar-refractivity contribution in [1.82, 2.24) is 10.6 Å². The van der Waals surface area contributed by atoms with Crippen LogP contribution in [0.25, 0.3) is 0 Å². The highest BCUT2D eigenvalue weighted by Gasteiger charge is 2.09. The van der Waals surface area contributed by atoms with E-state index in [9.17, 15) is 18.6 Å². The zero-order chi connectivity index (χ0) is 14.8. The lowest BCUT2D eigenvalue weighted by Crippen LogP contribution is -2.38. The predicted octanol–water partition coefficient (Wildman–Crippen LogP) is 0.0946. The summed E-state index contributed by atoms with van der Waals surface area (Å²) in [6, 6.07) is 0. The highest BCUT2D eigenvalue weighted by molar-refractivity contribution is 7.85. The van der Waals surface area contributed by atoms with Gasteiger partial charge in [-0.05, 0) is 6.92 Å². The van der Waals surface area contributed by atoms with Gasteiger partial charge in [-0.2, -0.15) is 0 Å². The van der Waals surface area contributed by atoms with Gasteiger partial charge in [-0.1, -0.05) is 13.8 Å². The Hall–Kier alpha value is -1.24. The molecule has 0 saturated carbocycles. The second kappa shape index (κ2) is 9.66. The molecule has 1 atom stereocenters. The van der Waals surface area contributed by atoms with Crippen LogP contribution >= 0.6 is 0 Å². The summed E-state index contributed by atoms with van der Waals surface area (Å²) in [5.74, 6) is -0.418. The number of nitrogens with one attached hydrogen (secondary N) is 2. The molecule has 0 aromatic carbocycles. The molecule has 0 aromatic rings. The number of amides is 2. The average molecular weight is 294 g/mol. The van der Waals surface area contributed by atoms with Crippen molar-refractivity contribution in [2.24, 2.45) is 5.92 Å². The van der Waals surface area contributed by atoms with E-state index in [4.69, 9.17) is 0 Å². The first-order valence-corrected chi connectivity index (χ1v) is 7.70. The van der Waals surface area contributed by atoms with Gasteiger partial charge in [-0.3, -0.25) is 18.6 Å². The number of rotatable bonds is 9. The minimum absolute atomic E-state index is 0. The average Bonchev–Trinajstić information content (AvgIpc) is 2.31. The van der Waals surface area contributed by atoms with E-state index in [1.807, 2.05) is 0 Å². The molecular formula is C12H26N2O4S. The summed E-state index contributed by atoms with van der Waals surface area (Å²) in [7, 11) is -1.31. The van der Waals surface area contributed by atoms with Crippen molar-refractivity contribution >= 4 is 28.4 Å². The lowest BCUT2D eigenvalue weighted by atomic mass is 10.2. The van der Waals surface area contributed by atoms with Crippen molar-refractivity contribution in [3.05, 3.63) is 0 Å². The summed E-state index contributed by atoms with van der Waals surface area (Å²) in [4.78, 5) is 33.3. The number of Topliss-reactive ketones (excluding diaryl/α,β-unsaturated/α-hetero) is 1. The Bertz CT molecular complexity index is 365. The highest BCUT2D eigenvalue weighted by atomic mass is 32.2. The molecule has 0 aromatic heterocycles. The Labute approximate surface area is 119 Å². The molecule has 19 heavy (non-hydrogen) atoms. The molecule has 0 heterocycles. The number of hydrogen-bond acceptors (Lipinski definition) is 4. The van der Waals surface area contributed by atoms with E-state index >= 15 is 0 Å². The Morgan fingerprint density at radius 1 is 1.16 bits per heavy atom. The normalized spacial score (nSPS) is 12.0. The maximum Gasteiger partial charge on any atom is 0.232 e. The van der Waals surface area contributed by atoms with Crippen LogP contribution in [-0.4, -0.2) is 46.4 Å². The SMILES string of the molecule is CC(=O)CCS(=O)CC(=O)NCCNC(=O)C(C)C.[HH].[HH]. The lowest BCUT2D eigenvalue weighted by Gasteiger charge is -2.08. The number of hydrogen-bond donors (Lipinski definition) is 2. The lowest BCUT2D eigenvalue weighted by molar-refractivity contribution is -0.124. The second-order valence-electron chi connectivity index (χ2n) is 4.54. The molecule has 2 N–H and O–H groups in total. The predicted molar refractivity (Wildman–Crippen MR) is 78.3 cm³/mol. The number of ketones is 1. The zero-order valence-corrected chi connectivity index (χ0v) is 12.5. The van der Waals surface area contributed by atoms with Crippen LogP contribution < -0.4 is 10.6 Å². The third kappa shape index (κ3) is 10.4. The Morgan fingerprint density at radius 3 is 2.26 bits per heavy atom. The van der Waals surface area contributed by atoms with Gasteiger partial charge < -0.3 is 10.6 Å². The molecule has 0 rings (SSSR count). The first-order chi connectivity index (χ1) is 8.82. The quantitative estimate of drug-likeness (QED) is 0.590. The molecule has 0 aliphatic carbocycles. The first kappa shape index (κ1) is 17.8. The third-order valence-corrected chi connectivity index (χ3v) is 3.49. The fourth-order valence-corrected chi connectivity index (χ4v) is 2.17. The molecule has 0 bridgehead atoms. The molecule has 1 unspecified atom stereocenters. The van der Waals surface area contributed by atoms with Crippen molar-refractivity contribution in [3.63, 3.8) is 0 Å². The molecule has 0 radical (unpaired) electrons. The van der Waals surface area contributed by atoms with Crippen LogP contribution in [0.1, 0.15) is 30.0 Å². The van der Waals surface area contributed by atoms with Crippen molar-refractivity contribution in [3.8, 4) is 0 Å². The van der Waals surface area contributed by atoms with Gasteiger partial charge in [0, 0.05) is 44.8 Å². The second-order valence-corrected chi connectivity index (χ2v) is 6.11. The Kier molecular flexibility index (Phi) is 9.03. The molecule has 2 amide bonds. The molecular weight excluding hydrogens is 268 g/mol. The topological polar surface area (TPSA) is 92.3 Å². The third-order valence-electron chi connectivity index (χ3n) is 2.24. The fourth-order valence-electron chi connectivity index (χ4n) is 1.12. The van der Waals surface area contributed by atoms with E-state index in [2.05, 4.69) is 10.6 Å². The highest BCUT2D eigenvalue weighted by Crippen LogP contribution is 1.90. The van der Waals surface area contributed by atoms with E-state index in [1.54, 1.807) is 13.8 Å².